The predicted octanol–water partition coefficient (Wildman–Crippen LogP) is 2.45. The molecule has 0 bridgehead atoms. The SMILES string of the molecule is CCc1cc(NC(C)=O)c(-n2cccn2)s1. The van der Waals surface area contributed by atoms with Gasteiger partial charge in [-0.2, -0.15) is 5.10 Å². The lowest BCUT2D eigenvalue weighted by molar-refractivity contribution is -0.114. The van der Waals surface area contributed by atoms with E-state index < -0.39 is 0 Å². The highest BCUT2D eigenvalue weighted by atomic mass is 32.1. The summed E-state index contributed by atoms with van der Waals surface area (Å²) in [7, 11) is 0. The third-order valence-electron chi connectivity index (χ3n) is 2.14. The zero-order valence-corrected chi connectivity index (χ0v) is 10.0. The fourth-order valence-corrected chi connectivity index (χ4v) is 2.43. The van der Waals surface area contributed by atoms with Gasteiger partial charge >= 0.3 is 0 Å². The Morgan fingerprint density at radius 1 is 1.62 bits per heavy atom. The summed E-state index contributed by atoms with van der Waals surface area (Å²) in [6.07, 6.45) is 4.55. The lowest BCUT2D eigenvalue weighted by atomic mass is 10.3. The van der Waals surface area contributed by atoms with Crippen LogP contribution in [0.1, 0.15) is 18.7 Å². The molecule has 2 heterocycles. The topological polar surface area (TPSA) is 46.9 Å². The van der Waals surface area contributed by atoms with Crippen LogP contribution in [0.25, 0.3) is 5.00 Å². The molecule has 1 amide bonds. The van der Waals surface area contributed by atoms with Crippen LogP contribution in [-0.2, 0) is 11.2 Å². The van der Waals surface area contributed by atoms with Gasteiger partial charge in [0.2, 0.25) is 5.91 Å². The van der Waals surface area contributed by atoms with Gasteiger partial charge < -0.3 is 5.32 Å². The minimum Gasteiger partial charge on any atom is -0.324 e. The average Bonchev–Trinajstić information content (AvgIpc) is 2.84. The van der Waals surface area contributed by atoms with Crippen LogP contribution in [0.15, 0.2) is 24.5 Å². The minimum absolute atomic E-state index is 0.0612. The average molecular weight is 235 g/mol. The molecule has 5 heteroatoms. The zero-order valence-electron chi connectivity index (χ0n) is 9.23. The second-order valence-electron chi connectivity index (χ2n) is 3.42. The van der Waals surface area contributed by atoms with E-state index in [0.717, 1.165) is 17.1 Å². The second kappa shape index (κ2) is 4.49. The maximum Gasteiger partial charge on any atom is 0.221 e. The first-order chi connectivity index (χ1) is 7.70. The highest BCUT2D eigenvalue weighted by molar-refractivity contribution is 7.15. The van der Waals surface area contributed by atoms with Gasteiger partial charge in [0.25, 0.3) is 0 Å². The van der Waals surface area contributed by atoms with E-state index in [2.05, 4.69) is 17.3 Å². The standard InChI is InChI=1S/C11H13N3OS/c1-3-9-7-10(13-8(2)15)11(16-9)14-6-4-5-12-14/h4-7H,3H2,1-2H3,(H,13,15). The molecule has 0 radical (unpaired) electrons. The molecule has 0 unspecified atom stereocenters. The largest absolute Gasteiger partial charge is 0.324 e. The van der Waals surface area contributed by atoms with E-state index in [1.165, 1.54) is 11.8 Å². The monoisotopic (exact) mass is 235 g/mol. The van der Waals surface area contributed by atoms with Crippen molar-refractivity contribution in [3.05, 3.63) is 29.4 Å². The van der Waals surface area contributed by atoms with E-state index in [4.69, 9.17) is 0 Å². The highest BCUT2D eigenvalue weighted by Gasteiger charge is 2.11. The van der Waals surface area contributed by atoms with Gasteiger partial charge in [0.15, 0.2) is 0 Å². The number of nitrogens with zero attached hydrogens (tertiary/aromatic N) is 2. The Balaban J connectivity index is 2.42. The summed E-state index contributed by atoms with van der Waals surface area (Å²) in [5, 5.41) is 7.96. The molecular weight excluding hydrogens is 222 g/mol. The number of anilines is 1. The van der Waals surface area contributed by atoms with E-state index in [1.54, 1.807) is 22.2 Å². The van der Waals surface area contributed by atoms with E-state index in [9.17, 15) is 4.79 Å². The van der Waals surface area contributed by atoms with Gasteiger partial charge in [-0.15, -0.1) is 11.3 Å². The lowest BCUT2D eigenvalue weighted by Crippen LogP contribution is -2.07. The van der Waals surface area contributed by atoms with Crippen molar-refractivity contribution in [2.75, 3.05) is 5.32 Å². The summed E-state index contributed by atoms with van der Waals surface area (Å²) in [4.78, 5) is 12.3. The third kappa shape index (κ3) is 2.14. The number of hydrogen-bond donors (Lipinski definition) is 1. The number of aromatic nitrogens is 2. The Morgan fingerprint density at radius 3 is 3.00 bits per heavy atom. The number of thiophene rings is 1. The summed E-state index contributed by atoms with van der Waals surface area (Å²) < 4.78 is 1.77. The number of hydrogen-bond acceptors (Lipinski definition) is 3. The fourth-order valence-electron chi connectivity index (χ4n) is 1.44. The van der Waals surface area contributed by atoms with Crippen molar-refractivity contribution in [2.24, 2.45) is 0 Å². The van der Waals surface area contributed by atoms with E-state index in [0.29, 0.717) is 0 Å². The number of carbonyl (C=O) groups excluding carboxylic acids is 1. The molecular formula is C11H13N3OS. The van der Waals surface area contributed by atoms with Crippen LogP contribution in [0.3, 0.4) is 0 Å². The predicted molar refractivity (Wildman–Crippen MR) is 65.1 cm³/mol. The van der Waals surface area contributed by atoms with E-state index in [-0.39, 0.29) is 5.91 Å². The molecule has 16 heavy (non-hydrogen) atoms. The number of carbonyl (C=O) groups is 1. The van der Waals surface area contributed by atoms with Crippen molar-refractivity contribution in [3.63, 3.8) is 0 Å². The van der Waals surface area contributed by atoms with Gasteiger partial charge in [0.1, 0.15) is 5.00 Å². The van der Waals surface area contributed by atoms with Gasteiger partial charge in [-0.05, 0) is 18.6 Å². The Hall–Kier alpha value is -1.62. The van der Waals surface area contributed by atoms with Crippen molar-refractivity contribution in [1.82, 2.24) is 9.78 Å². The van der Waals surface area contributed by atoms with E-state index in [1.807, 2.05) is 18.3 Å². The number of rotatable bonds is 3. The Morgan fingerprint density at radius 2 is 2.44 bits per heavy atom. The molecule has 0 aliphatic rings. The van der Waals surface area contributed by atoms with Gasteiger partial charge in [0.05, 0.1) is 5.69 Å². The quantitative estimate of drug-likeness (QED) is 0.888. The maximum atomic E-state index is 11.1. The molecule has 2 aromatic rings. The Bertz CT molecular complexity index is 487. The fraction of sp³-hybridized carbons (Fsp3) is 0.273. The van der Waals surface area contributed by atoms with Gasteiger partial charge in [-0.1, -0.05) is 6.92 Å². The van der Waals surface area contributed by atoms with Gasteiger partial charge in [0, 0.05) is 24.2 Å². The normalized spacial score (nSPS) is 10.4. The van der Waals surface area contributed by atoms with Crippen molar-refractivity contribution < 1.29 is 4.79 Å². The van der Waals surface area contributed by atoms with Crippen LogP contribution in [0.4, 0.5) is 5.69 Å². The second-order valence-corrected chi connectivity index (χ2v) is 4.53. The summed E-state index contributed by atoms with van der Waals surface area (Å²) in [5.41, 5.74) is 0.832. The molecule has 0 saturated heterocycles. The number of amides is 1. The first-order valence-corrected chi connectivity index (χ1v) is 5.92. The Labute approximate surface area is 97.9 Å². The summed E-state index contributed by atoms with van der Waals surface area (Å²) >= 11 is 1.64. The summed E-state index contributed by atoms with van der Waals surface area (Å²) in [6, 6.07) is 3.87. The number of nitrogens with one attached hydrogen (secondary N) is 1. The molecule has 1 N–H and O–H groups in total. The Kier molecular flexibility index (Phi) is 3.05. The molecule has 0 atom stereocenters. The van der Waals surface area contributed by atoms with Crippen molar-refractivity contribution in [3.8, 4) is 5.00 Å². The van der Waals surface area contributed by atoms with Crippen LogP contribution >= 0.6 is 11.3 Å². The molecule has 2 rings (SSSR count). The van der Waals surface area contributed by atoms with Crippen molar-refractivity contribution >= 4 is 22.9 Å². The lowest BCUT2D eigenvalue weighted by Gasteiger charge is -2.03. The van der Waals surface area contributed by atoms with Crippen LogP contribution in [0, 0.1) is 0 Å². The number of aryl methyl sites for hydroxylation is 1. The smallest absolute Gasteiger partial charge is 0.221 e. The van der Waals surface area contributed by atoms with Crippen LogP contribution in [0.5, 0.6) is 0 Å². The molecule has 0 fully saturated rings. The third-order valence-corrected chi connectivity index (χ3v) is 3.40. The van der Waals surface area contributed by atoms with Crippen molar-refractivity contribution in [2.45, 2.75) is 20.3 Å². The zero-order chi connectivity index (χ0) is 11.5. The molecule has 84 valence electrons. The minimum atomic E-state index is -0.0612. The first-order valence-electron chi connectivity index (χ1n) is 5.11. The maximum absolute atomic E-state index is 11.1. The van der Waals surface area contributed by atoms with Gasteiger partial charge in [-0.3, -0.25) is 4.79 Å². The first kappa shape index (κ1) is 10.9. The molecule has 0 saturated carbocycles. The van der Waals surface area contributed by atoms with Gasteiger partial charge in [-0.25, -0.2) is 4.68 Å². The molecule has 0 aliphatic heterocycles. The molecule has 2 aromatic heterocycles. The molecule has 4 nitrogen and oxygen atoms in total. The highest BCUT2D eigenvalue weighted by Crippen LogP contribution is 2.30. The summed E-state index contributed by atoms with van der Waals surface area (Å²) in [6.45, 7) is 3.60. The summed E-state index contributed by atoms with van der Waals surface area (Å²) in [5.74, 6) is -0.0612. The molecule has 0 aromatic carbocycles. The van der Waals surface area contributed by atoms with Crippen molar-refractivity contribution in [1.29, 1.82) is 0 Å². The van der Waals surface area contributed by atoms with Crippen LogP contribution in [0.2, 0.25) is 0 Å². The molecule has 0 aliphatic carbocycles. The van der Waals surface area contributed by atoms with Crippen LogP contribution in [-0.4, -0.2) is 15.7 Å². The molecule has 0 spiro atoms. The van der Waals surface area contributed by atoms with Crippen LogP contribution < -0.4 is 5.32 Å². The van der Waals surface area contributed by atoms with E-state index >= 15 is 0 Å².